The number of sulfonamides is 1. The molecule has 3 saturated heterocycles. The van der Waals surface area contributed by atoms with Crippen molar-refractivity contribution in [1.29, 1.82) is 0 Å². The predicted octanol–water partition coefficient (Wildman–Crippen LogP) is 2.34. The van der Waals surface area contributed by atoms with E-state index in [4.69, 9.17) is 19.4 Å². The Bertz CT molecular complexity index is 1470. The number of ether oxygens (including phenoxy) is 2. The van der Waals surface area contributed by atoms with Gasteiger partial charge >= 0.3 is 0 Å². The number of fused-ring (bicyclic) bond motifs is 2. The molecule has 10 nitrogen and oxygen atoms in total. The third kappa shape index (κ3) is 3.65. The zero-order chi connectivity index (χ0) is 24.8. The van der Waals surface area contributed by atoms with Gasteiger partial charge in [0.2, 0.25) is 21.9 Å². The number of hydrogen-bond acceptors (Lipinski definition) is 10. The summed E-state index contributed by atoms with van der Waals surface area (Å²) < 4.78 is 38.4. The smallest absolute Gasteiger partial charge is 0.238 e. The van der Waals surface area contributed by atoms with Crippen molar-refractivity contribution in [1.82, 2.24) is 19.9 Å². The van der Waals surface area contributed by atoms with Crippen molar-refractivity contribution in [3.63, 3.8) is 0 Å². The maximum atomic E-state index is 12.0. The molecule has 3 aromatic rings. The predicted molar refractivity (Wildman–Crippen MR) is 138 cm³/mol. The van der Waals surface area contributed by atoms with Crippen LogP contribution < -0.4 is 14.4 Å². The summed E-state index contributed by atoms with van der Waals surface area (Å²) in [5.74, 6) is 3.72. The fraction of sp³-hybridized carbons (Fsp3) is 0.542. The average Bonchev–Trinajstić information content (AvgIpc) is 3.62. The molecule has 3 aliphatic heterocycles. The first kappa shape index (κ1) is 22.6. The molecular weight excluding hydrogens is 500 g/mol. The van der Waals surface area contributed by atoms with Crippen LogP contribution in [0.15, 0.2) is 12.3 Å². The van der Waals surface area contributed by atoms with E-state index in [2.05, 4.69) is 26.4 Å². The summed E-state index contributed by atoms with van der Waals surface area (Å²) in [5, 5.41) is 0. The molecule has 12 heteroatoms. The van der Waals surface area contributed by atoms with Crippen molar-refractivity contribution in [2.24, 2.45) is 17.8 Å². The van der Waals surface area contributed by atoms with E-state index in [0.29, 0.717) is 24.7 Å². The molecule has 0 amide bonds. The van der Waals surface area contributed by atoms with Crippen molar-refractivity contribution < 1.29 is 17.9 Å². The summed E-state index contributed by atoms with van der Waals surface area (Å²) >= 11 is 1.70. The molecule has 5 fully saturated rings. The maximum absolute atomic E-state index is 12.0. The first-order valence-electron chi connectivity index (χ1n) is 12.2. The van der Waals surface area contributed by atoms with Crippen LogP contribution in [0, 0.1) is 24.7 Å². The van der Waals surface area contributed by atoms with Gasteiger partial charge in [-0.2, -0.15) is 0 Å². The van der Waals surface area contributed by atoms with Gasteiger partial charge in [0.05, 0.1) is 42.5 Å². The molecule has 0 spiro atoms. The van der Waals surface area contributed by atoms with Crippen LogP contribution in [0.1, 0.15) is 10.4 Å². The SMILES string of the molecule is COc1ncc(-c2nc(N3CCOCC3)nc3c(CN4CC5C6C5C64)c(C)sc23)cc1NS(C)(=O)=O. The molecule has 3 aromatic heterocycles. The van der Waals surface area contributed by atoms with Gasteiger partial charge in [0.1, 0.15) is 5.69 Å². The second-order valence-corrected chi connectivity index (χ2v) is 13.2. The molecule has 36 heavy (non-hydrogen) atoms. The van der Waals surface area contributed by atoms with E-state index in [1.54, 1.807) is 23.6 Å². The minimum Gasteiger partial charge on any atom is -0.480 e. The number of nitrogens with one attached hydrogen (secondary N) is 1. The van der Waals surface area contributed by atoms with Gasteiger partial charge in [0, 0.05) is 54.4 Å². The summed E-state index contributed by atoms with van der Waals surface area (Å²) in [6, 6.07) is 2.52. The van der Waals surface area contributed by atoms with Gasteiger partial charge in [-0.05, 0) is 30.7 Å². The number of thiophene rings is 1. The summed E-state index contributed by atoms with van der Waals surface area (Å²) in [6.07, 6.45) is 2.79. The highest BCUT2D eigenvalue weighted by molar-refractivity contribution is 7.92. The Labute approximate surface area is 213 Å². The lowest BCUT2D eigenvalue weighted by Gasteiger charge is -2.27. The van der Waals surface area contributed by atoms with Crippen LogP contribution >= 0.6 is 11.3 Å². The van der Waals surface area contributed by atoms with Crippen LogP contribution in [0.3, 0.4) is 0 Å². The number of anilines is 2. The summed E-state index contributed by atoms with van der Waals surface area (Å²) in [6.45, 7) is 7.01. The van der Waals surface area contributed by atoms with Crippen LogP contribution in [0.5, 0.6) is 5.88 Å². The highest BCUT2D eigenvalue weighted by Crippen LogP contribution is 2.75. The minimum absolute atomic E-state index is 0.210. The topological polar surface area (TPSA) is 110 Å². The van der Waals surface area contributed by atoms with Gasteiger partial charge in [0.25, 0.3) is 0 Å². The number of hydrogen-bond donors (Lipinski definition) is 1. The van der Waals surface area contributed by atoms with Crippen LogP contribution in [0.2, 0.25) is 0 Å². The fourth-order valence-corrected chi connectivity index (χ4v) is 7.71. The van der Waals surface area contributed by atoms with Crippen LogP contribution in [0.25, 0.3) is 21.5 Å². The van der Waals surface area contributed by atoms with Crippen molar-refractivity contribution in [3.05, 3.63) is 22.7 Å². The molecule has 2 aliphatic carbocycles. The lowest BCUT2D eigenvalue weighted by Crippen LogP contribution is -2.37. The molecule has 8 rings (SSSR count). The van der Waals surface area contributed by atoms with Crippen molar-refractivity contribution >= 4 is 43.2 Å². The van der Waals surface area contributed by atoms with Gasteiger partial charge < -0.3 is 14.4 Å². The molecule has 2 saturated carbocycles. The molecule has 1 N–H and O–H groups in total. The van der Waals surface area contributed by atoms with E-state index >= 15 is 0 Å². The summed E-state index contributed by atoms with van der Waals surface area (Å²) in [7, 11) is -2.05. The summed E-state index contributed by atoms with van der Waals surface area (Å²) in [5.41, 5.74) is 4.01. The molecule has 190 valence electrons. The monoisotopic (exact) mass is 528 g/mol. The van der Waals surface area contributed by atoms with Gasteiger partial charge in [0.15, 0.2) is 0 Å². The Morgan fingerprint density at radius 2 is 2.03 bits per heavy atom. The van der Waals surface area contributed by atoms with Crippen LogP contribution in [0.4, 0.5) is 11.6 Å². The normalized spacial score (nSPS) is 26.8. The van der Waals surface area contributed by atoms with E-state index in [1.807, 2.05) is 0 Å². The largest absolute Gasteiger partial charge is 0.480 e. The Morgan fingerprint density at radius 3 is 2.69 bits per heavy atom. The second-order valence-electron chi connectivity index (χ2n) is 10.2. The lowest BCUT2D eigenvalue weighted by atomic mass is 10.1. The molecule has 5 aliphatic rings. The number of methoxy groups -OCH3 is 1. The van der Waals surface area contributed by atoms with Crippen molar-refractivity contribution in [2.75, 3.05) is 55.8 Å². The number of rotatable bonds is 7. The number of nitrogens with zero attached hydrogens (tertiary/aromatic N) is 5. The number of aromatic nitrogens is 3. The molecule has 0 radical (unpaired) electrons. The highest BCUT2D eigenvalue weighted by Gasteiger charge is 2.80. The maximum Gasteiger partial charge on any atom is 0.238 e. The van der Waals surface area contributed by atoms with Gasteiger partial charge in [-0.3, -0.25) is 9.62 Å². The van der Waals surface area contributed by atoms with Crippen molar-refractivity contribution in [3.8, 4) is 17.1 Å². The number of morpholine rings is 1. The summed E-state index contributed by atoms with van der Waals surface area (Å²) in [4.78, 5) is 20.5. The van der Waals surface area contributed by atoms with Gasteiger partial charge in [-0.25, -0.2) is 23.4 Å². The third-order valence-electron chi connectivity index (χ3n) is 7.90. The zero-order valence-corrected chi connectivity index (χ0v) is 22.0. The number of piperidine rings is 1. The molecule has 0 aromatic carbocycles. The standard InChI is InChI=1S/C24H28N6O4S2/c1-12-14(10-30-11-15-17-18(15)21(17)30)20-22(35-12)19(26-24(27-20)29-4-6-34-7-5-29)13-8-16(28-36(3,31)32)23(33-2)25-9-13/h8-9,15,17-18,21,28H,4-7,10-11H2,1-3H3. The van der Waals surface area contributed by atoms with Crippen molar-refractivity contribution in [2.45, 2.75) is 19.5 Å². The third-order valence-corrected chi connectivity index (χ3v) is 9.63. The Morgan fingerprint density at radius 1 is 1.25 bits per heavy atom. The molecule has 2 atom stereocenters. The minimum atomic E-state index is -3.52. The van der Waals surface area contributed by atoms with E-state index < -0.39 is 10.0 Å². The second kappa shape index (κ2) is 7.98. The van der Waals surface area contributed by atoms with Crippen LogP contribution in [-0.4, -0.2) is 80.5 Å². The van der Waals surface area contributed by atoms with Crippen LogP contribution in [-0.2, 0) is 21.3 Å². The zero-order valence-electron chi connectivity index (χ0n) is 20.4. The van der Waals surface area contributed by atoms with E-state index in [0.717, 1.165) is 65.6 Å². The fourth-order valence-electron chi connectivity index (χ4n) is 6.05. The molecule has 2 bridgehead atoms. The van der Waals surface area contributed by atoms with Gasteiger partial charge in [-0.15, -0.1) is 11.3 Å². The Balaban J connectivity index is 1.36. The Kier molecular flexibility index (Phi) is 5.02. The lowest BCUT2D eigenvalue weighted by molar-refractivity contribution is 0.122. The highest BCUT2D eigenvalue weighted by atomic mass is 32.2. The van der Waals surface area contributed by atoms with E-state index in [-0.39, 0.29) is 11.6 Å². The first-order chi connectivity index (χ1) is 17.3. The molecular formula is C24H28N6O4S2. The first-order valence-corrected chi connectivity index (χ1v) is 14.9. The molecule has 2 unspecified atom stereocenters. The quantitative estimate of drug-likeness (QED) is 0.494. The van der Waals surface area contributed by atoms with Gasteiger partial charge in [-0.1, -0.05) is 0 Å². The number of pyridine rings is 1. The molecule has 6 heterocycles. The Hall–Kier alpha value is -2.54. The average molecular weight is 529 g/mol. The van der Waals surface area contributed by atoms with E-state index in [9.17, 15) is 8.42 Å². The number of aryl methyl sites for hydroxylation is 1. The van der Waals surface area contributed by atoms with E-state index in [1.165, 1.54) is 24.1 Å².